The van der Waals surface area contributed by atoms with Crippen LogP contribution in [-0.2, 0) is 34.3 Å². The molecule has 1 aromatic carbocycles. The van der Waals surface area contributed by atoms with Crippen LogP contribution in [0, 0.1) is 5.92 Å². The summed E-state index contributed by atoms with van der Waals surface area (Å²) in [4.78, 5) is 33.8. The van der Waals surface area contributed by atoms with E-state index < -0.39 is 0 Å². The Balaban J connectivity index is 1.23. The minimum Gasteiger partial charge on any atom is -0.465 e. The zero-order chi connectivity index (χ0) is 26.9. The average molecular weight is 537 g/mol. The highest BCUT2D eigenvalue weighted by Crippen LogP contribution is 2.39. The number of benzene rings is 1. The predicted octanol–water partition coefficient (Wildman–Crippen LogP) is 5.61. The first kappa shape index (κ1) is 26.6. The standard InChI is InChI=1S/C29H36N4O4S/c1-29(2,3)20-13-11-18(12-14-20)25-30-23(37-32-25)17-33-15-7-8-19(16-33)26(34)31-27-24(28(35)36-4)21-9-5-6-10-22(21)38-27/h11-14,19H,5-10,15-17H2,1-4H3,(H,31,34). The molecule has 1 saturated heterocycles. The highest BCUT2D eigenvalue weighted by atomic mass is 32.1. The van der Waals surface area contributed by atoms with Crippen LogP contribution in [0.5, 0.6) is 0 Å². The second-order valence-electron chi connectivity index (χ2n) is 11.3. The number of carbonyl (C=O) groups is 2. The molecule has 0 spiro atoms. The molecule has 9 heteroatoms. The predicted molar refractivity (Wildman–Crippen MR) is 147 cm³/mol. The van der Waals surface area contributed by atoms with E-state index in [1.807, 2.05) is 12.1 Å². The van der Waals surface area contributed by atoms with E-state index in [0.717, 1.165) is 56.2 Å². The van der Waals surface area contributed by atoms with Crippen molar-refractivity contribution in [1.82, 2.24) is 15.0 Å². The molecule has 3 heterocycles. The van der Waals surface area contributed by atoms with E-state index in [1.165, 1.54) is 28.9 Å². The van der Waals surface area contributed by atoms with Crippen molar-refractivity contribution >= 4 is 28.2 Å². The number of nitrogens with one attached hydrogen (secondary N) is 1. The van der Waals surface area contributed by atoms with Gasteiger partial charge in [-0.2, -0.15) is 4.98 Å². The maximum absolute atomic E-state index is 13.3. The summed E-state index contributed by atoms with van der Waals surface area (Å²) in [6.45, 7) is 8.52. The van der Waals surface area contributed by atoms with Crippen LogP contribution < -0.4 is 5.32 Å². The van der Waals surface area contributed by atoms with Gasteiger partial charge in [-0.3, -0.25) is 9.69 Å². The van der Waals surface area contributed by atoms with Crippen molar-refractivity contribution in [3.63, 3.8) is 0 Å². The molecule has 0 saturated carbocycles. The van der Waals surface area contributed by atoms with Gasteiger partial charge in [0, 0.05) is 17.0 Å². The first-order valence-electron chi connectivity index (χ1n) is 13.4. The Morgan fingerprint density at radius 3 is 2.66 bits per heavy atom. The van der Waals surface area contributed by atoms with E-state index in [1.54, 1.807) is 0 Å². The van der Waals surface area contributed by atoms with Gasteiger partial charge in [0.2, 0.25) is 17.6 Å². The van der Waals surface area contributed by atoms with Gasteiger partial charge in [-0.05, 0) is 61.6 Å². The van der Waals surface area contributed by atoms with Crippen molar-refractivity contribution in [2.75, 3.05) is 25.5 Å². The number of hydrogen-bond acceptors (Lipinski definition) is 8. The van der Waals surface area contributed by atoms with Gasteiger partial charge in [0.15, 0.2) is 0 Å². The first-order valence-corrected chi connectivity index (χ1v) is 14.2. The molecule has 5 rings (SSSR count). The van der Waals surface area contributed by atoms with Crippen LogP contribution in [0.3, 0.4) is 0 Å². The lowest BCUT2D eigenvalue weighted by Crippen LogP contribution is -2.40. The van der Waals surface area contributed by atoms with E-state index in [0.29, 0.717) is 35.4 Å². The molecule has 8 nitrogen and oxygen atoms in total. The zero-order valence-electron chi connectivity index (χ0n) is 22.6. The van der Waals surface area contributed by atoms with Crippen molar-refractivity contribution < 1.29 is 18.8 Å². The number of methoxy groups -OCH3 is 1. The number of anilines is 1. The number of piperidine rings is 1. The van der Waals surface area contributed by atoms with Crippen molar-refractivity contribution in [1.29, 1.82) is 0 Å². The summed E-state index contributed by atoms with van der Waals surface area (Å²) in [6.07, 6.45) is 5.67. The topological polar surface area (TPSA) is 97.6 Å². The van der Waals surface area contributed by atoms with Crippen LogP contribution in [0.25, 0.3) is 11.4 Å². The quantitative estimate of drug-likeness (QED) is 0.409. The summed E-state index contributed by atoms with van der Waals surface area (Å²) in [5, 5.41) is 7.89. The number of aryl methyl sites for hydroxylation is 1. The van der Waals surface area contributed by atoms with Crippen LogP contribution in [0.15, 0.2) is 28.8 Å². The highest BCUT2D eigenvalue weighted by molar-refractivity contribution is 7.17. The lowest BCUT2D eigenvalue weighted by Gasteiger charge is -2.30. The largest absolute Gasteiger partial charge is 0.465 e. The van der Waals surface area contributed by atoms with Crippen LogP contribution in [0.1, 0.15) is 78.7 Å². The van der Waals surface area contributed by atoms with Crippen LogP contribution in [-0.4, -0.2) is 47.1 Å². The molecule has 1 atom stereocenters. The molecular weight excluding hydrogens is 500 g/mol. The molecule has 202 valence electrons. The Labute approximate surface area is 227 Å². The third kappa shape index (κ3) is 5.68. The Morgan fingerprint density at radius 1 is 1.16 bits per heavy atom. The number of amides is 1. The molecule has 0 radical (unpaired) electrons. The van der Waals surface area contributed by atoms with Crippen molar-refractivity contribution in [2.24, 2.45) is 5.92 Å². The van der Waals surface area contributed by atoms with E-state index in [4.69, 9.17) is 9.26 Å². The SMILES string of the molecule is COC(=O)c1c(NC(=O)C2CCCN(Cc3nc(-c4ccc(C(C)(C)C)cc4)no3)C2)sc2c1CCCC2. The van der Waals surface area contributed by atoms with E-state index >= 15 is 0 Å². The lowest BCUT2D eigenvalue weighted by atomic mass is 9.87. The monoisotopic (exact) mass is 536 g/mol. The summed E-state index contributed by atoms with van der Waals surface area (Å²) in [7, 11) is 1.39. The van der Waals surface area contributed by atoms with Crippen molar-refractivity contribution in [3.8, 4) is 11.4 Å². The number of thiophene rings is 1. The van der Waals surface area contributed by atoms with Gasteiger partial charge in [-0.15, -0.1) is 11.3 Å². The number of nitrogens with zero attached hydrogens (tertiary/aromatic N) is 3. The summed E-state index contributed by atoms with van der Waals surface area (Å²) in [5.74, 6) is 0.512. The number of ether oxygens (including phenoxy) is 1. The van der Waals surface area contributed by atoms with Crippen molar-refractivity contribution in [3.05, 3.63) is 51.7 Å². The van der Waals surface area contributed by atoms with Gasteiger partial charge in [-0.25, -0.2) is 4.79 Å². The van der Waals surface area contributed by atoms with Gasteiger partial charge < -0.3 is 14.6 Å². The summed E-state index contributed by atoms with van der Waals surface area (Å²) >= 11 is 1.52. The fourth-order valence-corrected chi connectivity index (χ4v) is 6.63. The van der Waals surface area contributed by atoms with E-state index in [-0.39, 0.29) is 23.2 Å². The summed E-state index contributed by atoms with van der Waals surface area (Å²) < 4.78 is 10.6. The normalized spacial score (nSPS) is 18.2. The minimum atomic E-state index is -0.370. The van der Waals surface area contributed by atoms with Gasteiger partial charge in [-0.1, -0.05) is 50.2 Å². The first-order chi connectivity index (χ1) is 18.2. The second kappa shape index (κ2) is 11.0. The van der Waals surface area contributed by atoms with Crippen molar-refractivity contribution in [2.45, 2.75) is 71.3 Å². The lowest BCUT2D eigenvalue weighted by molar-refractivity contribution is -0.121. The number of esters is 1. The Bertz CT molecular complexity index is 1310. The molecule has 2 aliphatic rings. The van der Waals surface area contributed by atoms with Gasteiger partial charge in [0.05, 0.1) is 25.1 Å². The molecule has 1 aliphatic heterocycles. The van der Waals surface area contributed by atoms with Gasteiger partial charge >= 0.3 is 5.97 Å². The smallest absolute Gasteiger partial charge is 0.341 e. The molecule has 1 fully saturated rings. The highest BCUT2D eigenvalue weighted by Gasteiger charge is 2.31. The Kier molecular flexibility index (Phi) is 7.68. The molecule has 2 aromatic heterocycles. The minimum absolute atomic E-state index is 0.0522. The number of likely N-dealkylation sites (tertiary alicyclic amines) is 1. The zero-order valence-corrected chi connectivity index (χ0v) is 23.5. The third-order valence-electron chi connectivity index (χ3n) is 7.51. The number of hydrogen-bond donors (Lipinski definition) is 1. The Morgan fingerprint density at radius 2 is 1.92 bits per heavy atom. The number of fused-ring (bicyclic) bond motifs is 1. The van der Waals surface area contributed by atoms with E-state index in [9.17, 15) is 9.59 Å². The molecule has 1 N–H and O–H groups in total. The molecule has 0 bridgehead atoms. The molecule has 1 aliphatic carbocycles. The summed E-state index contributed by atoms with van der Waals surface area (Å²) in [5.41, 5.74) is 3.85. The summed E-state index contributed by atoms with van der Waals surface area (Å²) in [6, 6.07) is 8.27. The maximum atomic E-state index is 13.3. The van der Waals surface area contributed by atoms with Crippen LogP contribution in [0.2, 0.25) is 0 Å². The molecule has 38 heavy (non-hydrogen) atoms. The fourth-order valence-electron chi connectivity index (χ4n) is 5.35. The Hall–Kier alpha value is -3.04. The molecule has 3 aromatic rings. The molecule has 1 amide bonds. The maximum Gasteiger partial charge on any atom is 0.341 e. The van der Waals surface area contributed by atoms with E-state index in [2.05, 4.69) is 53.3 Å². The second-order valence-corrected chi connectivity index (χ2v) is 12.4. The number of carbonyl (C=O) groups excluding carboxylic acids is 2. The number of rotatable bonds is 6. The fraction of sp³-hybridized carbons (Fsp3) is 0.517. The van der Waals surface area contributed by atoms with Gasteiger partial charge in [0.1, 0.15) is 5.00 Å². The molecule has 1 unspecified atom stereocenters. The third-order valence-corrected chi connectivity index (χ3v) is 8.72. The number of aromatic nitrogens is 2. The average Bonchev–Trinajstić information content (AvgIpc) is 3.52. The van der Waals surface area contributed by atoms with Gasteiger partial charge in [0.25, 0.3) is 0 Å². The van der Waals surface area contributed by atoms with Crippen LogP contribution >= 0.6 is 11.3 Å². The van der Waals surface area contributed by atoms with Crippen LogP contribution in [0.4, 0.5) is 5.00 Å². The molecular formula is C29H36N4O4S.